The molecule has 2 rings (SSSR count). The topological polar surface area (TPSA) is 39.9 Å². The Kier molecular flexibility index (Phi) is 4.86. The average Bonchev–Trinajstić information content (AvgIpc) is 2.50. The molecule has 0 saturated heterocycles. The molecule has 0 aliphatic carbocycles. The van der Waals surface area contributed by atoms with Crippen LogP contribution in [0.15, 0.2) is 30.3 Å². The van der Waals surface area contributed by atoms with E-state index < -0.39 is 0 Å². The van der Waals surface area contributed by atoms with Gasteiger partial charge in [-0.1, -0.05) is 25.1 Å². The second kappa shape index (κ2) is 6.62. The molecule has 1 atom stereocenters. The summed E-state index contributed by atoms with van der Waals surface area (Å²) < 4.78 is 0. The maximum absolute atomic E-state index is 9.39. The van der Waals surface area contributed by atoms with Crippen LogP contribution in [0, 0.1) is 11.3 Å². The highest BCUT2D eigenvalue weighted by Gasteiger charge is 2.18. The van der Waals surface area contributed by atoms with Crippen LogP contribution in [0.25, 0.3) is 10.9 Å². The van der Waals surface area contributed by atoms with Gasteiger partial charge in [-0.15, -0.1) is 0 Å². The number of nitriles is 1. The van der Waals surface area contributed by atoms with Crippen molar-refractivity contribution in [1.29, 1.82) is 5.26 Å². The zero-order valence-corrected chi connectivity index (χ0v) is 12.9. The molecular formula is C16H19N3S. The number of hydrogen-bond donors (Lipinski definition) is 0. The molecule has 1 aromatic heterocycles. The first-order chi connectivity index (χ1) is 9.71. The molecule has 0 amide bonds. The number of pyridine rings is 1. The van der Waals surface area contributed by atoms with Gasteiger partial charge < -0.3 is 4.90 Å². The zero-order valence-electron chi connectivity index (χ0n) is 12.1. The fourth-order valence-electron chi connectivity index (χ4n) is 2.33. The Balaban J connectivity index is 2.49. The fraction of sp³-hybridized carbons (Fsp3) is 0.375. The number of aromatic nitrogens is 1. The van der Waals surface area contributed by atoms with Gasteiger partial charge in [0, 0.05) is 24.2 Å². The zero-order chi connectivity index (χ0) is 14.5. The summed E-state index contributed by atoms with van der Waals surface area (Å²) in [4.78, 5) is 6.83. The first-order valence-corrected chi connectivity index (χ1v) is 8.12. The lowest BCUT2D eigenvalue weighted by Crippen LogP contribution is -2.34. The third-order valence-corrected chi connectivity index (χ3v) is 4.25. The lowest BCUT2D eigenvalue weighted by molar-refractivity contribution is 0.666. The van der Waals surface area contributed by atoms with Crippen molar-refractivity contribution >= 4 is 28.5 Å². The van der Waals surface area contributed by atoms with E-state index in [-0.39, 0.29) is 0 Å². The minimum atomic E-state index is 0.394. The van der Waals surface area contributed by atoms with Crippen molar-refractivity contribution in [3.8, 4) is 6.07 Å². The monoisotopic (exact) mass is 285 g/mol. The predicted molar refractivity (Wildman–Crippen MR) is 87.3 cm³/mol. The molecule has 0 aliphatic heterocycles. The Morgan fingerprint density at radius 3 is 2.80 bits per heavy atom. The van der Waals surface area contributed by atoms with Crippen molar-refractivity contribution in [1.82, 2.24) is 4.98 Å². The van der Waals surface area contributed by atoms with Crippen LogP contribution in [0.5, 0.6) is 0 Å². The summed E-state index contributed by atoms with van der Waals surface area (Å²) in [5.74, 6) is 1.82. The Bertz CT molecular complexity index is 633. The maximum Gasteiger partial charge on any atom is 0.147 e. The van der Waals surface area contributed by atoms with Crippen molar-refractivity contribution in [2.75, 3.05) is 24.0 Å². The fourth-order valence-corrected chi connectivity index (χ4v) is 3.17. The van der Waals surface area contributed by atoms with Gasteiger partial charge in [0.1, 0.15) is 11.9 Å². The van der Waals surface area contributed by atoms with Crippen LogP contribution in [-0.2, 0) is 0 Å². The third-order valence-electron chi connectivity index (χ3n) is 3.54. The number of rotatable bonds is 5. The van der Waals surface area contributed by atoms with E-state index >= 15 is 0 Å². The normalized spacial score (nSPS) is 12.1. The smallest absolute Gasteiger partial charge is 0.147 e. The molecule has 0 spiro atoms. The molecule has 0 aliphatic rings. The van der Waals surface area contributed by atoms with Crippen molar-refractivity contribution in [3.05, 3.63) is 35.9 Å². The van der Waals surface area contributed by atoms with Gasteiger partial charge in [0.05, 0.1) is 11.1 Å². The molecule has 0 fully saturated rings. The van der Waals surface area contributed by atoms with Crippen LogP contribution in [0.1, 0.15) is 18.9 Å². The van der Waals surface area contributed by atoms with Crippen molar-refractivity contribution < 1.29 is 0 Å². The van der Waals surface area contributed by atoms with Crippen LogP contribution in [0.3, 0.4) is 0 Å². The second-order valence-corrected chi connectivity index (χ2v) is 5.70. The van der Waals surface area contributed by atoms with Crippen molar-refractivity contribution in [2.45, 2.75) is 19.4 Å². The number of benzene rings is 1. The van der Waals surface area contributed by atoms with Crippen LogP contribution in [0.2, 0.25) is 0 Å². The third kappa shape index (κ3) is 2.88. The lowest BCUT2D eigenvalue weighted by atomic mass is 10.1. The van der Waals surface area contributed by atoms with Gasteiger partial charge in [-0.2, -0.15) is 17.0 Å². The Labute approximate surface area is 124 Å². The van der Waals surface area contributed by atoms with E-state index in [1.54, 1.807) is 0 Å². The minimum absolute atomic E-state index is 0.394. The molecule has 1 heterocycles. The molecular weight excluding hydrogens is 266 g/mol. The quantitative estimate of drug-likeness (QED) is 0.840. The van der Waals surface area contributed by atoms with Crippen molar-refractivity contribution in [3.63, 3.8) is 0 Å². The molecule has 1 unspecified atom stereocenters. The van der Waals surface area contributed by atoms with Gasteiger partial charge in [-0.3, -0.25) is 0 Å². The predicted octanol–water partition coefficient (Wildman–Crippen LogP) is 3.68. The molecule has 0 saturated carbocycles. The number of fused-ring (bicyclic) bond motifs is 1. The molecule has 0 N–H and O–H groups in total. The van der Waals surface area contributed by atoms with Crippen LogP contribution in [-0.4, -0.2) is 30.1 Å². The highest BCUT2D eigenvalue weighted by atomic mass is 32.2. The van der Waals surface area contributed by atoms with Gasteiger partial charge >= 0.3 is 0 Å². The van der Waals surface area contributed by atoms with Gasteiger partial charge in [0.2, 0.25) is 0 Å². The molecule has 104 valence electrons. The van der Waals surface area contributed by atoms with Gasteiger partial charge in [-0.25, -0.2) is 4.98 Å². The summed E-state index contributed by atoms with van der Waals surface area (Å²) in [6.07, 6.45) is 3.15. The first kappa shape index (κ1) is 14.7. The highest BCUT2D eigenvalue weighted by Crippen LogP contribution is 2.25. The first-order valence-electron chi connectivity index (χ1n) is 6.73. The van der Waals surface area contributed by atoms with Crippen LogP contribution < -0.4 is 4.90 Å². The molecule has 4 heteroatoms. The SMILES string of the molecule is CCC(CSC)N(C)c1nc2ccccc2cc1C#N. The van der Waals surface area contributed by atoms with E-state index in [0.717, 1.165) is 28.9 Å². The Hall–Kier alpha value is -1.73. The average molecular weight is 285 g/mol. The van der Waals surface area contributed by atoms with Crippen LogP contribution >= 0.6 is 11.8 Å². The molecule has 20 heavy (non-hydrogen) atoms. The van der Waals surface area contributed by atoms with E-state index in [1.165, 1.54) is 0 Å². The van der Waals surface area contributed by atoms with E-state index in [0.29, 0.717) is 11.6 Å². The Morgan fingerprint density at radius 2 is 2.15 bits per heavy atom. The number of thioether (sulfide) groups is 1. The Morgan fingerprint density at radius 1 is 1.40 bits per heavy atom. The largest absolute Gasteiger partial charge is 0.355 e. The van der Waals surface area contributed by atoms with Crippen molar-refractivity contribution in [2.24, 2.45) is 0 Å². The summed E-state index contributed by atoms with van der Waals surface area (Å²) >= 11 is 1.82. The minimum Gasteiger partial charge on any atom is -0.355 e. The number of hydrogen-bond acceptors (Lipinski definition) is 4. The standard InChI is InChI=1S/C16H19N3S/c1-4-14(11-20-3)19(2)16-13(10-17)9-12-7-5-6-8-15(12)18-16/h5-9,14H,4,11H2,1-3H3. The summed E-state index contributed by atoms with van der Waals surface area (Å²) in [7, 11) is 2.03. The van der Waals surface area contributed by atoms with E-state index in [1.807, 2.05) is 49.1 Å². The van der Waals surface area contributed by atoms with Gasteiger partial charge in [0.15, 0.2) is 0 Å². The summed E-state index contributed by atoms with van der Waals surface area (Å²) in [5, 5.41) is 10.4. The molecule has 0 bridgehead atoms. The summed E-state index contributed by atoms with van der Waals surface area (Å²) in [5.41, 5.74) is 1.58. The molecule has 3 nitrogen and oxygen atoms in total. The summed E-state index contributed by atoms with van der Waals surface area (Å²) in [6.45, 7) is 2.17. The number of anilines is 1. The van der Waals surface area contributed by atoms with Gasteiger partial charge in [-0.05, 0) is 24.8 Å². The summed E-state index contributed by atoms with van der Waals surface area (Å²) in [6, 6.07) is 12.5. The van der Waals surface area contributed by atoms with E-state index in [2.05, 4.69) is 24.1 Å². The van der Waals surface area contributed by atoms with Gasteiger partial charge in [0.25, 0.3) is 0 Å². The number of nitrogens with zero attached hydrogens (tertiary/aromatic N) is 3. The van der Waals surface area contributed by atoms with Crippen LogP contribution in [0.4, 0.5) is 5.82 Å². The number of para-hydroxylation sites is 1. The molecule has 2 aromatic rings. The lowest BCUT2D eigenvalue weighted by Gasteiger charge is -2.28. The highest BCUT2D eigenvalue weighted by molar-refractivity contribution is 7.98. The molecule has 0 radical (unpaired) electrons. The van der Waals surface area contributed by atoms with E-state index in [9.17, 15) is 5.26 Å². The maximum atomic E-state index is 9.39. The van der Waals surface area contributed by atoms with E-state index in [4.69, 9.17) is 4.98 Å². The second-order valence-electron chi connectivity index (χ2n) is 4.79. The molecule has 1 aromatic carbocycles.